The summed E-state index contributed by atoms with van der Waals surface area (Å²) >= 11 is 0. The van der Waals surface area contributed by atoms with Gasteiger partial charge in [0.1, 0.15) is 23.0 Å². The molecule has 1 aliphatic heterocycles. The molecule has 3 N–H and O–H groups in total. The number of hydrogen-bond acceptors (Lipinski definition) is 5. The highest BCUT2D eigenvalue weighted by Gasteiger charge is 2.20. The average molecular weight is 283 g/mol. The summed E-state index contributed by atoms with van der Waals surface area (Å²) < 4.78 is 11.0. The molecule has 0 amide bonds. The van der Waals surface area contributed by atoms with Crippen LogP contribution in [-0.4, -0.2) is 19.0 Å². The summed E-state index contributed by atoms with van der Waals surface area (Å²) in [6.45, 7) is 1.95. The van der Waals surface area contributed by atoms with E-state index in [0.717, 1.165) is 23.0 Å². The summed E-state index contributed by atoms with van der Waals surface area (Å²) in [5.41, 5.74) is 8.14. The Labute approximate surface area is 123 Å². The summed E-state index contributed by atoms with van der Waals surface area (Å²) in [4.78, 5) is 4.60. The number of benzene rings is 2. The topological polar surface area (TPSA) is 68.9 Å². The molecule has 1 heterocycles. The first-order valence-corrected chi connectivity index (χ1v) is 6.71. The Kier molecular flexibility index (Phi) is 3.39. The van der Waals surface area contributed by atoms with Crippen molar-refractivity contribution in [3.63, 3.8) is 0 Å². The summed E-state index contributed by atoms with van der Waals surface area (Å²) in [5, 5.41) is 3.28. The first kappa shape index (κ1) is 13.3. The molecule has 0 bridgehead atoms. The van der Waals surface area contributed by atoms with Crippen LogP contribution in [0, 0.1) is 0 Å². The van der Waals surface area contributed by atoms with Gasteiger partial charge in [0, 0.05) is 17.4 Å². The molecule has 1 atom stereocenters. The maximum absolute atomic E-state index is 5.84. The fraction of sp³-hybridized carbons (Fsp3) is 0.188. The second kappa shape index (κ2) is 5.36. The molecule has 3 rings (SSSR count). The smallest absolute Gasteiger partial charge is 0.153 e. The SMILES string of the molecule is COc1ccc(NC2=Nc3ccc(N)cc3OC2C)cc1. The van der Waals surface area contributed by atoms with E-state index in [1.165, 1.54) is 0 Å². The lowest BCUT2D eigenvalue weighted by atomic mass is 10.2. The Morgan fingerprint density at radius 2 is 1.95 bits per heavy atom. The van der Waals surface area contributed by atoms with Crippen LogP contribution in [0.4, 0.5) is 17.1 Å². The molecule has 2 aromatic carbocycles. The third kappa shape index (κ3) is 2.76. The number of aliphatic imine (C=N–C) groups is 1. The van der Waals surface area contributed by atoms with Crippen molar-refractivity contribution in [2.24, 2.45) is 4.99 Å². The van der Waals surface area contributed by atoms with Crippen molar-refractivity contribution in [3.05, 3.63) is 42.5 Å². The number of fused-ring (bicyclic) bond motifs is 1. The van der Waals surface area contributed by atoms with Crippen molar-refractivity contribution < 1.29 is 9.47 Å². The van der Waals surface area contributed by atoms with Gasteiger partial charge >= 0.3 is 0 Å². The normalized spacial score (nSPS) is 16.5. The number of ether oxygens (including phenoxy) is 2. The van der Waals surface area contributed by atoms with E-state index in [0.29, 0.717) is 11.4 Å². The Morgan fingerprint density at radius 1 is 1.19 bits per heavy atom. The third-order valence-corrected chi connectivity index (χ3v) is 3.28. The molecule has 108 valence electrons. The zero-order chi connectivity index (χ0) is 14.8. The van der Waals surface area contributed by atoms with Crippen molar-refractivity contribution in [2.75, 3.05) is 18.2 Å². The molecule has 2 aromatic rings. The van der Waals surface area contributed by atoms with Crippen LogP contribution < -0.4 is 20.5 Å². The molecule has 1 aliphatic rings. The summed E-state index contributed by atoms with van der Waals surface area (Å²) in [6, 6.07) is 13.1. The lowest BCUT2D eigenvalue weighted by Gasteiger charge is -2.24. The van der Waals surface area contributed by atoms with Gasteiger partial charge < -0.3 is 20.5 Å². The molecule has 0 radical (unpaired) electrons. The van der Waals surface area contributed by atoms with E-state index < -0.39 is 0 Å². The molecular formula is C16H17N3O2. The minimum Gasteiger partial charge on any atom is -0.497 e. The maximum atomic E-state index is 5.84. The van der Waals surface area contributed by atoms with Gasteiger partial charge in [0.05, 0.1) is 7.11 Å². The average Bonchev–Trinajstić information content (AvgIpc) is 2.49. The molecule has 0 saturated carbocycles. The lowest BCUT2D eigenvalue weighted by Crippen LogP contribution is -2.32. The van der Waals surface area contributed by atoms with Crippen molar-refractivity contribution in [2.45, 2.75) is 13.0 Å². The van der Waals surface area contributed by atoms with Crippen molar-refractivity contribution in [1.29, 1.82) is 0 Å². The molecular weight excluding hydrogens is 266 g/mol. The van der Waals surface area contributed by atoms with Crippen molar-refractivity contribution in [3.8, 4) is 11.5 Å². The van der Waals surface area contributed by atoms with Crippen LogP contribution in [0.25, 0.3) is 0 Å². The molecule has 5 nitrogen and oxygen atoms in total. The van der Waals surface area contributed by atoms with Crippen LogP contribution in [0.15, 0.2) is 47.5 Å². The number of rotatable bonds is 2. The maximum Gasteiger partial charge on any atom is 0.153 e. The molecule has 0 aromatic heterocycles. The number of hydrogen-bond donors (Lipinski definition) is 2. The summed E-state index contributed by atoms with van der Waals surface area (Å²) in [7, 11) is 1.65. The van der Waals surface area contributed by atoms with E-state index in [1.807, 2.05) is 43.3 Å². The highest BCUT2D eigenvalue weighted by atomic mass is 16.5. The van der Waals surface area contributed by atoms with Gasteiger partial charge in [-0.15, -0.1) is 0 Å². The largest absolute Gasteiger partial charge is 0.497 e. The minimum atomic E-state index is -0.165. The van der Waals surface area contributed by atoms with Gasteiger partial charge in [-0.1, -0.05) is 0 Å². The highest BCUT2D eigenvalue weighted by Crippen LogP contribution is 2.34. The zero-order valence-corrected chi connectivity index (χ0v) is 12.0. The van der Waals surface area contributed by atoms with Gasteiger partial charge in [0.15, 0.2) is 6.10 Å². The number of nitrogen functional groups attached to an aromatic ring is 1. The third-order valence-electron chi connectivity index (χ3n) is 3.28. The monoisotopic (exact) mass is 283 g/mol. The molecule has 0 saturated heterocycles. The number of anilines is 2. The summed E-state index contributed by atoms with van der Waals surface area (Å²) in [5.74, 6) is 2.29. The van der Waals surface area contributed by atoms with Gasteiger partial charge in [0.2, 0.25) is 0 Å². The van der Waals surface area contributed by atoms with Crippen LogP contribution in [0.1, 0.15) is 6.92 Å². The Balaban J connectivity index is 1.85. The quantitative estimate of drug-likeness (QED) is 0.830. The fourth-order valence-corrected chi connectivity index (χ4v) is 2.14. The Bertz CT molecular complexity index is 680. The van der Waals surface area contributed by atoms with E-state index in [-0.39, 0.29) is 6.10 Å². The van der Waals surface area contributed by atoms with Crippen LogP contribution in [0.2, 0.25) is 0 Å². The number of amidine groups is 1. The predicted octanol–water partition coefficient (Wildman–Crippen LogP) is 3.20. The first-order valence-electron chi connectivity index (χ1n) is 6.71. The number of methoxy groups -OCH3 is 1. The van der Waals surface area contributed by atoms with Crippen LogP contribution in [-0.2, 0) is 0 Å². The van der Waals surface area contributed by atoms with Crippen molar-refractivity contribution in [1.82, 2.24) is 0 Å². The molecule has 1 unspecified atom stereocenters. The Hall–Kier alpha value is -2.69. The Morgan fingerprint density at radius 3 is 2.67 bits per heavy atom. The zero-order valence-electron chi connectivity index (χ0n) is 12.0. The summed E-state index contributed by atoms with van der Waals surface area (Å²) in [6.07, 6.45) is -0.165. The molecule has 0 fully saturated rings. The first-order chi connectivity index (χ1) is 10.2. The lowest BCUT2D eigenvalue weighted by molar-refractivity contribution is 0.283. The highest BCUT2D eigenvalue weighted by molar-refractivity contribution is 6.01. The predicted molar refractivity (Wildman–Crippen MR) is 84.7 cm³/mol. The molecule has 0 spiro atoms. The number of nitrogens with one attached hydrogen (secondary N) is 1. The molecule has 0 aliphatic carbocycles. The van der Waals surface area contributed by atoms with Crippen LogP contribution in [0.5, 0.6) is 11.5 Å². The van der Waals surface area contributed by atoms with E-state index in [9.17, 15) is 0 Å². The minimum absolute atomic E-state index is 0.165. The van der Waals surface area contributed by atoms with Crippen molar-refractivity contribution >= 4 is 22.9 Å². The van der Waals surface area contributed by atoms with Gasteiger partial charge in [-0.05, 0) is 43.3 Å². The molecule has 5 heteroatoms. The number of nitrogens with two attached hydrogens (primary N) is 1. The van der Waals surface area contributed by atoms with Gasteiger partial charge in [0.25, 0.3) is 0 Å². The van der Waals surface area contributed by atoms with Gasteiger partial charge in [-0.3, -0.25) is 0 Å². The standard InChI is InChI=1S/C16H17N3O2/c1-10-16(18-12-4-6-13(20-2)7-5-12)19-14-8-3-11(17)9-15(14)21-10/h3-10H,17H2,1-2H3,(H,18,19). The van der Waals surface area contributed by atoms with E-state index in [2.05, 4.69) is 10.3 Å². The van der Waals surface area contributed by atoms with Crippen LogP contribution >= 0.6 is 0 Å². The number of nitrogens with zero attached hydrogens (tertiary/aromatic N) is 1. The van der Waals surface area contributed by atoms with E-state index in [4.69, 9.17) is 15.2 Å². The van der Waals surface area contributed by atoms with Gasteiger partial charge in [-0.25, -0.2) is 4.99 Å². The van der Waals surface area contributed by atoms with E-state index >= 15 is 0 Å². The second-order valence-electron chi connectivity index (χ2n) is 4.84. The van der Waals surface area contributed by atoms with E-state index in [1.54, 1.807) is 13.2 Å². The van der Waals surface area contributed by atoms with Crippen LogP contribution in [0.3, 0.4) is 0 Å². The molecule has 21 heavy (non-hydrogen) atoms. The van der Waals surface area contributed by atoms with Gasteiger partial charge in [-0.2, -0.15) is 0 Å². The second-order valence-corrected chi connectivity index (χ2v) is 4.84. The fourth-order valence-electron chi connectivity index (χ4n) is 2.14.